The first-order valence-electron chi connectivity index (χ1n) is 13.8. The van der Waals surface area contributed by atoms with Gasteiger partial charge in [-0.3, -0.25) is 4.79 Å². The van der Waals surface area contributed by atoms with E-state index in [1.54, 1.807) is 6.26 Å². The highest BCUT2D eigenvalue weighted by Gasteiger charge is 2.23. The number of aromatic amines is 1. The molecule has 8 heteroatoms. The molecule has 0 atom stereocenters. The Labute approximate surface area is 222 Å². The number of ether oxygens (including phenoxy) is 1. The van der Waals surface area contributed by atoms with Crippen LogP contribution >= 0.6 is 0 Å². The zero-order chi connectivity index (χ0) is 25.9. The van der Waals surface area contributed by atoms with Crippen molar-refractivity contribution in [3.8, 4) is 5.75 Å². The molecule has 200 valence electrons. The Bertz CT molecular complexity index is 1380. The SMILES string of the molecule is O=C(NC1CCN(CCN2CCC(O)CC2)CC1)c1cc2c(OCc3coc4ccccc34)cccc2[nH]1. The van der Waals surface area contributed by atoms with Gasteiger partial charge in [0, 0.05) is 67.2 Å². The number of carbonyl (C=O) groups is 1. The van der Waals surface area contributed by atoms with Gasteiger partial charge in [-0.2, -0.15) is 0 Å². The molecule has 2 saturated heterocycles. The minimum atomic E-state index is -0.121. The molecule has 0 unspecified atom stereocenters. The Balaban J connectivity index is 1.02. The fourth-order valence-electron chi connectivity index (χ4n) is 5.67. The van der Waals surface area contributed by atoms with E-state index in [0.717, 1.165) is 98.1 Å². The van der Waals surface area contributed by atoms with Crippen molar-refractivity contribution in [1.29, 1.82) is 0 Å². The number of aromatic nitrogens is 1. The fourth-order valence-corrected chi connectivity index (χ4v) is 5.67. The second-order valence-corrected chi connectivity index (χ2v) is 10.6. The molecule has 0 aliphatic carbocycles. The van der Waals surface area contributed by atoms with E-state index >= 15 is 0 Å². The summed E-state index contributed by atoms with van der Waals surface area (Å²) in [6, 6.07) is 15.8. The predicted molar refractivity (Wildman–Crippen MR) is 147 cm³/mol. The molecule has 0 bridgehead atoms. The molecule has 2 aromatic heterocycles. The molecule has 3 N–H and O–H groups in total. The topological polar surface area (TPSA) is 94.0 Å². The zero-order valence-electron chi connectivity index (χ0n) is 21.7. The Morgan fingerprint density at radius 3 is 2.50 bits per heavy atom. The molecule has 0 saturated carbocycles. The predicted octanol–water partition coefficient (Wildman–Crippen LogP) is 4.14. The lowest BCUT2D eigenvalue weighted by Gasteiger charge is -2.35. The molecule has 4 heterocycles. The number of hydrogen-bond donors (Lipinski definition) is 3. The van der Waals surface area contributed by atoms with Crippen molar-refractivity contribution >= 4 is 27.8 Å². The second-order valence-electron chi connectivity index (χ2n) is 10.6. The van der Waals surface area contributed by atoms with E-state index in [9.17, 15) is 9.90 Å². The van der Waals surface area contributed by atoms with Crippen LogP contribution in [0.25, 0.3) is 21.9 Å². The van der Waals surface area contributed by atoms with Gasteiger partial charge in [-0.1, -0.05) is 24.3 Å². The summed E-state index contributed by atoms with van der Waals surface area (Å²) in [5, 5.41) is 14.9. The molecule has 2 aliphatic heterocycles. The van der Waals surface area contributed by atoms with Gasteiger partial charge in [0.05, 0.1) is 12.4 Å². The minimum absolute atomic E-state index is 0.0710. The fraction of sp³-hybridized carbons (Fsp3) is 0.433. The largest absolute Gasteiger partial charge is 0.488 e. The molecule has 0 spiro atoms. The summed E-state index contributed by atoms with van der Waals surface area (Å²) in [6.07, 6.45) is 5.30. The molecular weight excluding hydrogens is 480 g/mol. The minimum Gasteiger partial charge on any atom is -0.488 e. The van der Waals surface area contributed by atoms with Gasteiger partial charge < -0.3 is 34.4 Å². The van der Waals surface area contributed by atoms with Crippen molar-refractivity contribution in [3.05, 3.63) is 66.1 Å². The van der Waals surface area contributed by atoms with E-state index in [4.69, 9.17) is 9.15 Å². The van der Waals surface area contributed by atoms with Gasteiger partial charge in [0.2, 0.25) is 0 Å². The van der Waals surface area contributed by atoms with Crippen LogP contribution in [0.4, 0.5) is 0 Å². The maximum Gasteiger partial charge on any atom is 0.267 e. The smallest absolute Gasteiger partial charge is 0.267 e. The van der Waals surface area contributed by atoms with Gasteiger partial charge in [-0.15, -0.1) is 0 Å². The summed E-state index contributed by atoms with van der Waals surface area (Å²) in [4.78, 5) is 21.3. The highest BCUT2D eigenvalue weighted by molar-refractivity contribution is 5.99. The number of carbonyl (C=O) groups excluding carboxylic acids is 1. The molecule has 2 aromatic carbocycles. The van der Waals surface area contributed by atoms with Crippen LogP contribution in [0.2, 0.25) is 0 Å². The average molecular weight is 517 g/mol. The second kappa shape index (κ2) is 11.2. The number of hydrogen-bond acceptors (Lipinski definition) is 6. The van der Waals surface area contributed by atoms with Crippen LogP contribution in [0.3, 0.4) is 0 Å². The summed E-state index contributed by atoms with van der Waals surface area (Å²) < 4.78 is 11.8. The number of likely N-dealkylation sites (tertiary alicyclic amines) is 2. The van der Waals surface area contributed by atoms with Crippen molar-refractivity contribution in [2.75, 3.05) is 39.3 Å². The van der Waals surface area contributed by atoms with E-state index in [0.29, 0.717) is 12.3 Å². The van der Waals surface area contributed by atoms with Gasteiger partial charge in [-0.25, -0.2) is 0 Å². The number of nitrogens with one attached hydrogen (secondary N) is 2. The number of para-hydroxylation sites is 1. The summed E-state index contributed by atoms with van der Waals surface area (Å²) in [6.45, 7) is 6.47. The molecule has 2 fully saturated rings. The zero-order valence-corrected chi connectivity index (χ0v) is 21.7. The molecule has 4 aromatic rings. The normalized spacial score (nSPS) is 18.3. The third-order valence-electron chi connectivity index (χ3n) is 8.03. The number of rotatable bonds is 8. The van der Waals surface area contributed by atoms with E-state index in [-0.39, 0.29) is 18.1 Å². The molecule has 8 nitrogen and oxygen atoms in total. The van der Waals surface area contributed by atoms with Crippen LogP contribution in [0.15, 0.2) is 59.2 Å². The number of piperidine rings is 2. The standard InChI is InChI=1S/C30H36N4O4/c35-23-10-14-34(15-11-23)17-16-33-12-8-22(9-13-33)31-30(36)27-18-25-26(32-27)5-3-7-29(25)38-20-21-19-37-28-6-2-1-4-24(21)28/h1-7,18-19,22-23,32,35H,8-17,20H2,(H,31,36). The maximum absolute atomic E-state index is 13.1. The van der Waals surface area contributed by atoms with Crippen molar-refractivity contribution in [3.63, 3.8) is 0 Å². The molecular formula is C30H36N4O4. The lowest BCUT2D eigenvalue weighted by atomic mass is 10.0. The molecule has 38 heavy (non-hydrogen) atoms. The number of H-pyrrole nitrogens is 1. The number of aliphatic hydroxyl groups is 1. The Kier molecular flexibility index (Phi) is 7.35. The third kappa shape index (κ3) is 5.57. The van der Waals surface area contributed by atoms with Crippen LogP contribution in [-0.2, 0) is 6.61 Å². The van der Waals surface area contributed by atoms with Gasteiger partial charge >= 0.3 is 0 Å². The quantitative estimate of drug-likeness (QED) is 0.326. The van der Waals surface area contributed by atoms with E-state index in [1.807, 2.05) is 48.5 Å². The lowest BCUT2D eigenvalue weighted by Crippen LogP contribution is -2.47. The molecule has 6 rings (SSSR count). The number of aliphatic hydroxyl groups excluding tert-OH is 1. The van der Waals surface area contributed by atoms with Gasteiger partial charge in [0.1, 0.15) is 23.6 Å². The summed E-state index contributed by atoms with van der Waals surface area (Å²) in [7, 11) is 0. The number of fused-ring (bicyclic) bond motifs is 2. The summed E-state index contributed by atoms with van der Waals surface area (Å²) in [5.41, 5.74) is 3.27. The molecule has 2 aliphatic rings. The maximum atomic E-state index is 13.1. The van der Waals surface area contributed by atoms with Crippen LogP contribution in [0.1, 0.15) is 41.7 Å². The summed E-state index contributed by atoms with van der Waals surface area (Å²) >= 11 is 0. The Morgan fingerprint density at radius 2 is 1.71 bits per heavy atom. The first-order chi connectivity index (χ1) is 18.6. The van der Waals surface area contributed by atoms with Gasteiger partial charge in [0.15, 0.2) is 0 Å². The van der Waals surface area contributed by atoms with Crippen LogP contribution in [-0.4, -0.2) is 77.2 Å². The van der Waals surface area contributed by atoms with E-state index in [1.165, 1.54) is 0 Å². The Hall–Kier alpha value is -3.33. The molecule has 0 radical (unpaired) electrons. The van der Waals surface area contributed by atoms with Crippen LogP contribution in [0, 0.1) is 0 Å². The van der Waals surface area contributed by atoms with Gasteiger partial charge in [-0.05, 0) is 49.9 Å². The van der Waals surface area contributed by atoms with Crippen molar-refractivity contribution in [2.24, 2.45) is 0 Å². The number of nitrogens with zero attached hydrogens (tertiary/aromatic N) is 2. The van der Waals surface area contributed by atoms with E-state index in [2.05, 4.69) is 20.1 Å². The van der Waals surface area contributed by atoms with Crippen LogP contribution in [0.5, 0.6) is 5.75 Å². The third-order valence-corrected chi connectivity index (χ3v) is 8.03. The average Bonchev–Trinajstić information content (AvgIpc) is 3.57. The number of furan rings is 1. The lowest BCUT2D eigenvalue weighted by molar-refractivity contribution is 0.0729. The van der Waals surface area contributed by atoms with E-state index < -0.39 is 0 Å². The highest BCUT2D eigenvalue weighted by atomic mass is 16.5. The van der Waals surface area contributed by atoms with Crippen molar-refractivity contribution < 1.29 is 19.1 Å². The Morgan fingerprint density at radius 1 is 0.974 bits per heavy atom. The number of benzene rings is 2. The van der Waals surface area contributed by atoms with Crippen molar-refractivity contribution in [1.82, 2.24) is 20.1 Å². The van der Waals surface area contributed by atoms with Gasteiger partial charge in [0.25, 0.3) is 5.91 Å². The van der Waals surface area contributed by atoms with Crippen molar-refractivity contribution in [2.45, 2.75) is 44.4 Å². The first kappa shape index (κ1) is 25.0. The monoisotopic (exact) mass is 516 g/mol. The van der Waals surface area contributed by atoms with Crippen LogP contribution < -0.4 is 10.1 Å². The molecule has 1 amide bonds. The summed E-state index contributed by atoms with van der Waals surface area (Å²) in [5.74, 6) is 0.665. The first-order valence-corrected chi connectivity index (χ1v) is 13.8. The highest BCUT2D eigenvalue weighted by Crippen LogP contribution is 2.29. The number of amides is 1.